The normalized spacial score (nSPS) is 14.0. The summed E-state index contributed by atoms with van der Waals surface area (Å²) in [7, 11) is 1.43. The third kappa shape index (κ3) is 3.60. The van der Waals surface area contributed by atoms with E-state index in [1.165, 1.54) is 7.11 Å². The number of nitrogens with zero attached hydrogens (tertiary/aromatic N) is 1. The van der Waals surface area contributed by atoms with Crippen molar-refractivity contribution < 1.29 is 9.66 Å². The van der Waals surface area contributed by atoms with Crippen molar-refractivity contribution in [1.29, 1.82) is 0 Å². The van der Waals surface area contributed by atoms with Gasteiger partial charge in [0.15, 0.2) is 5.75 Å². The fourth-order valence-corrected chi connectivity index (χ4v) is 2.00. The molecule has 1 rings (SSSR count). The Morgan fingerprint density at radius 3 is 2.67 bits per heavy atom. The molecule has 2 atom stereocenters. The minimum absolute atomic E-state index is 0.00446. The van der Waals surface area contributed by atoms with E-state index in [0.29, 0.717) is 0 Å². The van der Waals surface area contributed by atoms with Crippen molar-refractivity contribution in [3.63, 3.8) is 0 Å². The Balaban J connectivity index is 2.91. The van der Waals surface area contributed by atoms with Crippen LogP contribution in [-0.2, 0) is 6.42 Å². The first-order valence-corrected chi connectivity index (χ1v) is 6.38. The Kier molecular flexibility index (Phi) is 5.41. The van der Waals surface area contributed by atoms with Gasteiger partial charge in [-0.15, -0.1) is 11.6 Å². The van der Waals surface area contributed by atoms with E-state index in [-0.39, 0.29) is 22.7 Å². The Labute approximate surface area is 112 Å². The average molecular weight is 272 g/mol. The van der Waals surface area contributed by atoms with Crippen LogP contribution >= 0.6 is 11.6 Å². The van der Waals surface area contributed by atoms with E-state index in [0.717, 1.165) is 18.4 Å². The molecule has 4 nitrogen and oxygen atoms in total. The molecule has 0 aromatic heterocycles. The zero-order chi connectivity index (χ0) is 13.7. The summed E-state index contributed by atoms with van der Waals surface area (Å²) in [5.41, 5.74) is 0.916. The van der Waals surface area contributed by atoms with Gasteiger partial charge in [-0.05, 0) is 30.4 Å². The molecule has 0 heterocycles. The summed E-state index contributed by atoms with van der Waals surface area (Å²) in [5, 5.41) is 11.0. The average Bonchev–Trinajstić information content (AvgIpc) is 2.37. The summed E-state index contributed by atoms with van der Waals surface area (Å²) < 4.78 is 4.97. The number of rotatable bonds is 6. The SMILES string of the molecule is CCC(Cl)C(C)Cc1ccc(OC)c([N+](=O)[O-])c1. The Morgan fingerprint density at radius 1 is 1.50 bits per heavy atom. The van der Waals surface area contributed by atoms with Gasteiger partial charge in [-0.3, -0.25) is 10.1 Å². The number of benzene rings is 1. The number of halogens is 1. The van der Waals surface area contributed by atoms with Crippen LogP contribution in [0.3, 0.4) is 0 Å². The molecule has 0 aliphatic carbocycles. The molecule has 0 bridgehead atoms. The molecule has 0 radical (unpaired) electrons. The van der Waals surface area contributed by atoms with Crippen LogP contribution in [0.15, 0.2) is 18.2 Å². The largest absolute Gasteiger partial charge is 0.490 e. The molecule has 2 unspecified atom stereocenters. The first-order valence-electron chi connectivity index (χ1n) is 5.95. The number of ether oxygens (including phenoxy) is 1. The molecule has 5 heteroatoms. The monoisotopic (exact) mass is 271 g/mol. The van der Waals surface area contributed by atoms with E-state index >= 15 is 0 Å². The minimum atomic E-state index is -0.426. The van der Waals surface area contributed by atoms with E-state index in [4.69, 9.17) is 16.3 Å². The van der Waals surface area contributed by atoms with Gasteiger partial charge >= 0.3 is 5.69 Å². The van der Waals surface area contributed by atoms with Crippen molar-refractivity contribution in [1.82, 2.24) is 0 Å². The van der Waals surface area contributed by atoms with Gasteiger partial charge in [0, 0.05) is 11.4 Å². The van der Waals surface area contributed by atoms with Crippen LogP contribution in [0.2, 0.25) is 0 Å². The number of nitro groups is 1. The van der Waals surface area contributed by atoms with Crippen molar-refractivity contribution in [3.8, 4) is 5.75 Å². The van der Waals surface area contributed by atoms with E-state index in [1.807, 2.05) is 13.0 Å². The lowest BCUT2D eigenvalue weighted by Gasteiger charge is -2.16. The molecule has 0 saturated heterocycles. The highest BCUT2D eigenvalue weighted by atomic mass is 35.5. The molecule has 18 heavy (non-hydrogen) atoms. The summed E-state index contributed by atoms with van der Waals surface area (Å²) >= 11 is 6.17. The van der Waals surface area contributed by atoms with Crippen LogP contribution in [0, 0.1) is 16.0 Å². The van der Waals surface area contributed by atoms with E-state index in [9.17, 15) is 10.1 Å². The van der Waals surface area contributed by atoms with Gasteiger partial charge in [-0.2, -0.15) is 0 Å². The Bertz CT molecular complexity index is 423. The number of methoxy groups -OCH3 is 1. The molecule has 1 aromatic carbocycles. The summed E-state index contributed by atoms with van der Waals surface area (Å²) in [6, 6.07) is 5.05. The van der Waals surface area contributed by atoms with Gasteiger partial charge in [-0.1, -0.05) is 19.9 Å². The Morgan fingerprint density at radius 2 is 2.17 bits per heavy atom. The zero-order valence-electron chi connectivity index (χ0n) is 10.9. The maximum Gasteiger partial charge on any atom is 0.311 e. The van der Waals surface area contributed by atoms with Gasteiger partial charge in [0.25, 0.3) is 0 Å². The number of nitro benzene ring substituents is 1. The standard InChI is InChI=1S/C13H18ClNO3/c1-4-11(14)9(2)7-10-5-6-13(18-3)12(8-10)15(16)17/h5-6,8-9,11H,4,7H2,1-3H3. The molecule has 0 N–H and O–H groups in total. The number of hydrogen-bond acceptors (Lipinski definition) is 3. The van der Waals surface area contributed by atoms with Gasteiger partial charge in [-0.25, -0.2) is 0 Å². The second-order valence-corrected chi connectivity index (χ2v) is 4.93. The third-order valence-corrected chi connectivity index (χ3v) is 3.74. The molecule has 100 valence electrons. The van der Waals surface area contributed by atoms with E-state index < -0.39 is 4.92 Å². The van der Waals surface area contributed by atoms with E-state index in [1.54, 1.807) is 12.1 Å². The van der Waals surface area contributed by atoms with Crippen molar-refractivity contribution >= 4 is 17.3 Å². The first kappa shape index (κ1) is 14.8. The zero-order valence-corrected chi connectivity index (χ0v) is 11.6. The number of alkyl halides is 1. The van der Waals surface area contributed by atoms with Crippen LogP contribution < -0.4 is 4.74 Å². The first-order chi connectivity index (χ1) is 8.49. The third-order valence-electron chi connectivity index (χ3n) is 3.01. The predicted octanol–water partition coefficient (Wildman–Crippen LogP) is 3.80. The summed E-state index contributed by atoms with van der Waals surface area (Å²) in [4.78, 5) is 10.5. The van der Waals surface area contributed by atoms with Crippen molar-refractivity contribution in [2.45, 2.75) is 32.1 Å². The molecule has 1 aromatic rings. The molecule has 0 amide bonds. The van der Waals surface area contributed by atoms with Gasteiger partial charge in [0.05, 0.1) is 12.0 Å². The maximum absolute atomic E-state index is 10.9. The molecular weight excluding hydrogens is 254 g/mol. The van der Waals surface area contributed by atoms with E-state index in [2.05, 4.69) is 6.92 Å². The summed E-state index contributed by atoms with van der Waals surface area (Å²) in [5.74, 6) is 0.569. The van der Waals surface area contributed by atoms with Gasteiger partial charge in [0.2, 0.25) is 0 Å². The molecular formula is C13H18ClNO3. The van der Waals surface area contributed by atoms with Gasteiger partial charge in [0.1, 0.15) is 0 Å². The lowest BCUT2D eigenvalue weighted by Crippen LogP contribution is -2.13. The highest BCUT2D eigenvalue weighted by molar-refractivity contribution is 6.20. The van der Waals surface area contributed by atoms with Crippen LogP contribution in [0.5, 0.6) is 5.75 Å². The van der Waals surface area contributed by atoms with Crippen LogP contribution in [0.25, 0.3) is 0 Å². The second kappa shape index (κ2) is 6.59. The number of hydrogen-bond donors (Lipinski definition) is 0. The fourth-order valence-electron chi connectivity index (χ4n) is 1.91. The van der Waals surface area contributed by atoms with Crippen molar-refractivity contribution in [3.05, 3.63) is 33.9 Å². The van der Waals surface area contributed by atoms with Crippen LogP contribution in [0.1, 0.15) is 25.8 Å². The second-order valence-electron chi connectivity index (χ2n) is 4.37. The van der Waals surface area contributed by atoms with Crippen LogP contribution in [0.4, 0.5) is 5.69 Å². The molecule has 0 aliphatic heterocycles. The highest BCUT2D eigenvalue weighted by Crippen LogP contribution is 2.29. The van der Waals surface area contributed by atoms with Crippen molar-refractivity contribution in [2.24, 2.45) is 5.92 Å². The molecule has 0 saturated carbocycles. The smallest absolute Gasteiger partial charge is 0.311 e. The summed E-state index contributed by atoms with van der Waals surface area (Å²) in [6.45, 7) is 4.09. The lowest BCUT2D eigenvalue weighted by atomic mass is 9.96. The van der Waals surface area contributed by atoms with Crippen LogP contribution in [-0.4, -0.2) is 17.4 Å². The highest BCUT2D eigenvalue weighted by Gasteiger charge is 2.18. The summed E-state index contributed by atoms with van der Waals surface area (Å²) in [6.07, 6.45) is 1.62. The maximum atomic E-state index is 10.9. The fraction of sp³-hybridized carbons (Fsp3) is 0.538. The van der Waals surface area contributed by atoms with Crippen molar-refractivity contribution in [2.75, 3.05) is 7.11 Å². The molecule has 0 aliphatic rings. The topological polar surface area (TPSA) is 52.4 Å². The lowest BCUT2D eigenvalue weighted by molar-refractivity contribution is -0.385. The molecule has 0 fully saturated rings. The Hall–Kier alpha value is -1.29. The minimum Gasteiger partial charge on any atom is -0.490 e. The predicted molar refractivity (Wildman–Crippen MR) is 72.4 cm³/mol. The molecule has 0 spiro atoms. The van der Waals surface area contributed by atoms with Gasteiger partial charge < -0.3 is 4.74 Å². The quantitative estimate of drug-likeness (QED) is 0.449.